The maximum absolute atomic E-state index is 4.39. The number of para-hydroxylation sites is 1. The summed E-state index contributed by atoms with van der Waals surface area (Å²) in [5.41, 5.74) is 3.54. The number of nitrogens with zero attached hydrogens (tertiary/aromatic N) is 5. The molecule has 3 rings (SSSR count). The van der Waals surface area contributed by atoms with Crippen LogP contribution in [-0.2, 0) is 0 Å². The Kier molecular flexibility index (Phi) is 2.11. The zero-order valence-electron chi connectivity index (χ0n) is 9.62. The standard InChI is InChI=1S/C12H11N5/c1-8-7-13-12(9(2)14-8)17-11-6-4-3-5-10(11)15-16-17/h3-7H,1-2H3. The minimum absolute atomic E-state index is 0.726. The highest BCUT2D eigenvalue weighted by Gasteiger charge is 2.10. The summed E-state index contributed by atoms with van der Waals surface area (Å²) < 4.78 is 1.72. The fraction of sp³-hybridized carbons (Fsp3) is 0.167. The monoisotopic (exact) mass is 225 g/mol. The van der Waals surface area contributed by atoms with Crippen molar-refractivity contribution in [1.82, 2.24) is 25.0 Å². The van der Waals surface area contributed by atoms with E-state index in [1.807, 2.05) is 38.1 Å². The molecular weight excluding hydrogens is 214 g/mol. The first kappa shape index (κ1) is 9.89. The molecular formula is C12H11N5. The molecule has 5 nitrogen and oxygen atoms in total. The van der Waals surface area contributed by atoms with Crippen LogP contribution in [0, 0.1) is 13.8 Å². The van der Waals surface area contributed by atoms with E-state index < -0.39 is 0 Å². The highest BCUT2D eigenvalue weighted by Crippen LogP contribution is 2.15. The normalized spacial score (nSPS) is 10.9. The van der Waals surface area contributed by atoms with Crippen molar-refractivity contribution < 1.29 is 0 Å². The number of rotatable bonds is 1. The van der Waals surface area contributed by atoms with Crippen LogP contribution in [-0.4, -0.2) is 25.0 Å². The minimum atomic E-state index is 0.726. The average molecular weight is 225 g/mol. The molecule has 0 amide bonds. The third kappa shape index (κ3) is 1.56. The van der Waals surface area contributed by atoms with Gasteiger partial charge in [0.1, 0.15) is 5.52 Å². The van der Waals surface area contributed by atoms with Crippen LogP contribution in [0.2, 0.25) is 0 Å². The SMILES string of the molecule is Cc1cnc(-n2nnc3ccccc32)c(C)n1. The highest BCUT2D eigenvalue weighted by molar-refractivity contribution is 5.75. The van der Waals surface area contributed by atoms with Gasteiger partial charge in [0.15, 0.2) is 5.82 Å². The lowest BCUT2D eigenvalue weighted by molar-refractivity contribution is 0.783. The van der Waals surface area contributed by atoms with Gasteiger partial charge in [-0.2, -0.15) is 4.68 Å². The van der Waals surface area contributed by atoms with E-state index in [2.05, 4.69) is 20.3 Å². The predicted octanol–water partition coefficient (Wildman–Crippen LogP) is 1.83. The third-order valence-corrected chi connectivity index (χ3v) is 2.59. The quantitative estimate of drug-likeness (QED) is 0.634. The number of aryl methyl sites for hydroxylation is 2. The highest BCUT2D eigenvalue weighted by atomic mass is 15.4. The molecule has 0 aliphatic heterocycles. The van der Waals surface area contributed by atoms with Gasteiger partial charge in [-0.3, -0.25) is 4.98 Å². The van der Waals surface area contributed by atoms with Crippen LogP contribution >= 0.6 is 0 Å². The second-order valence-corrected chi connectivity index (χ2v) is 3.91. The molecule has 2 heterocycles. The minimum Gasteiger partial charge on any atom is -0.253 e. The Balaban J connectivity index is 2.27. The zero-order chi connectivity index (χ0) is 11.8. The number of fused-ring (bicyclic) bond motifs is 1. The third-order valence-electron chi connectivity index (χ3n) is 2.59. The first-order valence-electron chi connectivity index (χ1n) is 5.37. The summed E-state index contributed by atoms with van der Waals surface area (Å²) in [5.74, 6) is 0.726. The van der Waals surface area contributed by atoms with Crippen molar-refractivity contribution in [2.75, 3.05) is 0 Å². The Morgan fingerprint density at radius 2 is 1.94 bits per heavy atom. The molecule has 2 aromatic heterocycles. The van der Waals surface area contributed by atoms with Gasteiger partial charge in [-0.1, -0.05) is 17.3 Å². The van der Waals surface area contributed by atoms with Gasteiger partial charge in [-0.15, -0.1) is 5.10 Å². The molecule has 0 saturated heterocycles. The summed E-state index contributed by atoms with van der Waals surface area (Å²) in [6, 6.07) is 7.79. The van der Waals surface area contributed by atoms with E-state index in [4.69, 9.17) is 0 Å². The molecule has 0 bridgehead atoms. The summed E-state index contributed by atoms with van der Waals surface area (Å²) >= 11 is 0. The summed E-state index contributed by atoms with van der Waals surface area (Å²) in [7, 11) is 0. The molecule has 0 radical (unpaired) electrons. The second-order valence-electron chi connectivity index (χ2n) is 3.91. The predicted molar refractivity (Wildman–Crippen MR) is 63.9 cm³/mol. The van der Waals surface area contributed by atoms with Crippen molar-refractivity contribution in [2.45, 2.75) is 13.8 Å². The molecule has 0 saturated carbocycles. The largest absolute Gasteiger partial charge is 0.253 e. The first-order valence-corrected chi connectivity index (χ1v) is 5.37. The van der Waals surface area contributed by atoms with Gasteiger partial charge in [0, 0.05) is 0 Å². The lowest BCUT2D eigenvalue weighted by Gasteiger charge is -2.04. The maximum atomic E-state index is 4.39. The summed E-state index contributed by atoms with van der Waals surface area (Å²) in [4.78, 5) is 8.75. The molecule has 17 heavy (non-hydrogen) atoms. The fourth-order valence-electron chi connectivity index (χ4n) is 1.82. The van der Waals surface area contributed by atoms with Crippen LogP contribution in [0.3, 0.4) is 0 Å². The van der Waals surface area contributed by atoms with Crippen LogP contribution in [0.15, 0.2) is 30.5 Å². The summed E-state index contributed by atoms with van der Waals surface area (Å²) in [5, 5.41) is 8.22. The van der Waals surface area contributed by atoms with Crippen LogP contribution in [0.1, 0.15) is 11.4 Å². The topological polar surface area (TPSA) is 56.5 Å². The van der Waals surface area contributed by atoms with E-state index in [1.54, 1.807) is 10.9 Å². The Hall–Kier alpha value is -2.30. The Morgan fingerprint density at radius 1 is 1.12 bits per heavy atom. The van der Waals surface area contributed by atoms with Crippen molar-refractivity contribution in [3.63, 3.8) is 0 Å². The van der Waals surface area contributed by atoms with E-state index in [1.165, 1.54) is 0 Å². The number of hydrogen-bond donors (Lipinski definition) is 0. The van der Waals surface area contributed by atoms with Gasteiger partial charge in [0.2, 0.25) is 0 Å². The van der Waals surface area contributed by atoms with Crippen LogP contribution in [0.25, 0.3) is 16.9 Å². The van der Waals surface area contributed by atoms with Crippen LogP contribution in [0.5, 0.6) is 0 Å². The zero-order valence-corrected chi connectivity index (χ0v) is 9.62. The first-order chi connectivity index (χ1) is 8.25. The van der Waals surface area contributed by atoms with E-state index in [9.17, 15) is 0 Å². The molecule has 1 aromatic carbocycles. The molecule has 0 N–H and O–H groups in total. The Labute approximate surface area is 98.1 Å². The van der Waals surface area contributed by atoms with Crippen molar-refractivity contribution in [1.29, 1.82) is 0 Å². The second kappa shape index (κ2) is 3.62. The van der Waals surface area contributed by atoms with Crippen molar-refractivity contribution in [3.05, 3.63) is 41.9 Å². The van der Waals surface area contributed by atoms with E-state index in [0.717, 1.165) is 28.2 Å². The molecule has 0 aliphatic rings. The smallest absolute Gasteiger partial charge is 0.177 e. The average Bonchev–Trinajstić information content (AvgIpc) is 2.73. The Bertz CT molecular complexity index is 686. The summed E-state index contributed by atoms with van der Waals surface area (Å²) in [6.45, 7) is 3.84. The Morgan fingerprint density at radius 3 is 2.76 bits per heavy atom. The van der Waals surface area contributed by atoms with Gasteiger partial charge in [0.25, 0.3) is 0 Å². The van der Waals surface area contributed by atoms with Crippen LogP contribution in [0.4, 0.5) is 0 Å². The van der Waals surface area contributed by atoms with Crippen molar-refractivity contribution in [3.8, 4) is 5.82 Å². The van der Waals surface area contributed by atoms with Gasteiger partial charge >= 0.3 is 0 Å². The molecule has 0 aliphatic carbocycles. The van der Waals surface area contributed by atoms with E-state index in [-0.39, 0.29) is 0 Å². The van der Waals surface area contributed by atoms with E-state index >= 15 is 0 Å². The van der Waals surface area contributed by atoms with Gasteiger partial charge in [-0.25, -0.2) is 4.98 Å². The fourth-order valence-corrected chi connectivity index (χ4v) is 1.82. The molecule has 0 atom stereocenters. The molecule has 3 aromatic rings. The molecule has 0 fully saturated rings. The van der Waals surface area contributed by atoms with Gasteiger partial charge in [0.05, 0.1) is 23.1 Å². The van der Waals surface area contributed by atoms with Gasteiger partial charge in [-0.05, 0) is 26.0 Å². The summed E-state index contributed by atoms with van der Waals surface area (Å²) in [6.07, 6.45) is 1.73. The molecule has 84 valence electrons. The molecule has 5 heteroatoms. The number of benzene rings is 1. The molecule has 0 unspecified atom stereocenters. The number of aromatic nitrogens is 5. The van der Waals surface area contributed by atoms with Crippen molar-refractivity contribution in [2.24, 2.45) is 0 Å². The van der Waals surface area contributed by atoms with Crippen LogP contribution < -0.4 is 0 Å². The number of hydrogen-bond acceptors (Lipinski definition) is 4. The van der Waals surface area contributed by atoms with E-state index in [0.29, 0.717) is 0 Å². The lowest BCUT2D eigenvalue weighted by atomic mass is 10.3. The molecule has 0 spiro atoms. The maximum Gasteiger partial charge on any atom is 0.177 e. The lowest BCUT2D eigenvalue weighted by Crippen LogP contribution is -2.04. The van der Waals surface area contributed by atoms with Crippen molar-refractivity contribution >= 4 is 11.0 Å². The van der Waals surface area contributed by atoms with Gasteiger partial charge < -0.3 is 0 Å².